The molecule has 0 heterocycles. The molecule has 0 spiro atoms. The van der Waals surface area contributed by atoms with Crippen LogP contribution < -0.4 is 0 Å². The average Bonchev–Trinajstić information content (AvgIpc) is 2.53. The molecule has 0 aliphatic heterocycles. The van der Waals surface area contributed by atoms with E-state index in [1.807, 2.05) is 0 Å². The lowest BCUT2D eigenvalue weighted by molar-refractivity contribution is -0.355. The first-order chi connectivity index (χ1) is 11.7. The van der Waals surface area contributed by atoms with Gasteiger partial charge in [0.25, 0.3) is 0 Å². The van der Waals surface area contributed by atoms with E-state index >= 15 is 0 Å². The molecular weight excluding hydrogens is 396 g/mol. The fourth-order valence-corrected chi connectivity index (χ4v) is 4.66. The number of hydrogen-bond donors (Lipinski definition) is 0. The van der Waals surface area contributed by atoms with Crippen LogP contribution >= 0.6 is 0 Å². The Kier molecular flexibility index (Phi) is 8.73. The predicted molar refractivity (Wildman–Crippen MR) is 80.0 cm³/mol. The van der Waals surface area contributed by atoms with E-state index in [0.717, 1.165) is 0 Å². The zero-order valence-electron chi connectivity index (χ0n) is 14.6. The van der Waals surface area contributed by atoms with E-state index in [4.69, 9.17) is 13.3 Å². The highest BCUT2D eigenvalue weighted by atomic mass is 28.4. The summed E-state index contributed by atoms with van der Waals surface area (Å²) in [7, 11) is -3.86. The monoisotopic (exact) mass is 418 g/mol. The molecule has 0 fully saturated rings. The molecule has 156 valence electrons. The van der Waals surface area contributed by atoms with E-state index in [1.165, 1.54) is 20.8 Å². The molecule has 0 radical (unpaired) electrons. The normalized spacial score (nSPS) is 14.6. The van der Waals surface area contributed by atoms with Crippen molar-refractivity contribution in [1.29, 1.82) is 0 Å². The maximum Gasteiger partial charge on any atom is 0.501 e. The summed E-state index contributed by atoms with van der Waals surface area (Å²) >= 11 is 0. The van der Waals surface area contributed by atoms with E-state index in [0.29, 0.717) is 0 Å². The van der Waals surface area contributed by atoms with Crippen LogP contribution in [0.25, 0.3) is 0 Å². The van der Waals surface area contributed by atoms with E-state index in [2.05, 4.69) is 6.58 Å². The van der Waals surface area contributed by atoms with Gasteiger partial charge in [0.05, 0.1) is 0 Å². The molecule has 0 bridgehead atoms. The topological polar surface area (TPSA) is 27.7 Å². The number of allylic oxidation sites excluding steroid dienone is 1. The van der Waals surface area contributed by atoms with Crippen LogP contribution in [0.2, 0.25) is 6.04 Å². The lowest BCUT2D eigenvalue weighted by Crippen LogP contribution is -2.62. The van der Waals surface area contributed by atoms with Gasteiger partial charge in [0, 0.05) is 32.3 Å². The molecule has 0 aromatic heterocycles. The molecule has 0 unspecified atom stereocenters. The highest BCUT2D eigenvalue weighted by Gasteiger charge is 2.79. The maximum absolute atomic E-state index is 13.9. The Morgan fingerprint density at radius 1 is 0.769 bits per heavy atom. The van der Waals surface area contributed by atoms with Crippen LogP contribution in [0.3, 0.4) is 0 Å². The zero-order chi connectivity index (χ0) is 20.9. The van der Waals surface area contributed by atoms with Gasteiger partial charge in [-0.1, -0.05) is 6.58 Å². The predicted octanol–water partition coefficient (Wildman–Crippen LogP) is 5.15. The van der Waals surface area contributed by atoms with Crippen LogP contribution in [-0.2, 0) is 13.3 Å². The van der Waals surface area contributed by atoms with E-state index in [1.54, 1.807) is 0 Å². The Labute approximate surface area is 147 Å². The quantitative estimate of drug-likeness (QED) is 0.235. The summed E-state index contributed by atoms with van der Waals surface area (Å²) in [5.74, 6) is -23.7. The molecule has 12 heteroatoms. The molecule has 0 aromatic rings. The molecule has 0 atom stereocenters. The summed E-state index contributed by atoms with van der Waals surface area (Å²) in [6, 6.07) is -0.957. The molecule has 0 rings (SSSR count). The number of halogens is 8. The minimum atomic E-state index is -6.35. The third kappa shape index (κ3) is 4.96. The third-order valence-electron chi connectivity index (χ3n) is 3.37. The van der Waals surface area contributed by atoms with Crippen molar-refractivity contribution >= 4 is 8.80 Å². The molecule has 0 saturated heterocycles. The summed E-state index contributed by atoms with van der Waals surface area (Å²) in [5.41, 5.74) is 0. The first-order valence-electron chi connectivity index (χ1n) is 7.77. The van der Waals surface area contributed by atoms with Crippen molar-refractivity contribution in [2.75, 3.05) is 19.8 Å². The van der Waals surface area contributed by atoms with Gasteiger partial charge in [-0.25, -0.2) is 0 Å². The van der Waals surface area contributed by atoms with E-state index in [9.17, 15) is 35.1 Å². The van der Waals surface area contributed by atoms with E-state index in [-0.39, 0.29) is 19.8 Å². The first-order valence-corrected chi connectivity index (χ1v) is 9.70. The van der Waals surface area contributed by atoms with Crippen LogP contribution in [-0.4, -0.2) is 52.3 Å². The van der Waals surface area contributed by atoms with Gasteiger partial charge in [0.1, 0.15) is 0 Å². The van der Waals surface area contributed by atoms with Crippen LogP contribution in [0, 0.1) is 0 Å². The standard InChI is InChI=1S/C14H22F8O3Si/c1-5-11(15,16)13(19,20)14(21,22)12(17,18)9-10-26(23-6-2,24-7-3)25-8-4/h5H,1,6-10H2,2-4H3. The van der Waals surface area contributed by atoms with Gasteiger partial charge in [-0.3, -0.25) is 0 Å². The number of rotatable bonds is 13. The Hall–Kier alpha value is -0.723. The smallest absolute Gasteiger partial charge is 0.374 e. The van der Waals surface area contributed by atoms with Gasteiger partial charge < -0.3 is 13.3 Å². The lowest BCUT2D eigenvalue weighted by Gasteiger charge is -2.37. The van der Waals surface area contributed by atoms with Crippen LogP contribution in [0.5, 0.6) is 0 Å². The molecule has 0 aliphatic carbocycles. The largest absolute Gasteiger partial charge is 0.501 e. The summed E-state index contributed by atoms with van der Waals surface area (Å²) in [5, 5.41) is 0. The van der Waals surface area contributed by atoms with E-state index < -0.39 is 51.0 Å². The lowest BCUT2D eigenvalue weighted by atomic mass is 9.97. The van der Waals surface area contributed by atoms with Gasteiger partial charge in [0.2, 0.25) is 0 Å². The summed E-state index contributed by atoms with van der Waals surface area (Å²) in [6.45, 7) is 6.47. The molecule has 0 amide bonds. The highest BCUT2D eigenvalue weighted by Crippen LogP contribution is 2.54. The van der Waals surface area contributed by atoms with Crippen molar-refractivity contribution in [2.24, 2.45) is 0 Å². The SMILES string of the molecule is C=CC(F)(F)C(F)(F)C(F)(F)C(F)(F)CC[Si](OCC)(OCC)OCC. The van der Waals surface area contributed by atoms with Crippen molar-refractivity contribution in [2.45, 2.75) is 56.9 Å². The van der Waals surface area contributed by atoms with Crippen molar-refractivity contribution < 1.29 is 48.4 Å². The highest BCUT2D eigenvalue weighted by molar-refractivity contribution is 6.60. The summed E-state index contributed by atoms with van der Waals surface area (Å²) < 4.78 is 123. The van der Waals surface area contributed by atoms with Crippen molar-refractivity contribution in [3.8, 4) is 0 Å². The Morgan fingerprint density at radius 3 is 1.46 bits per heavy atom. The molecule has 0 saturated carbocycles. The summed E-state index contributed by atoms with van der Waals surface area (Å²) in [4.78, 5) is 0. The van der Waals surface area contributed by atoms with Crippen molar-refractivity contribution in [1.82, 2.24) is 0 Å². The van der Waals surface area contributed by atoms with Crippen molar-refractivity contribution in [3.05, 3.63) is 12.7 Å². The van der Waals surface area contributed by atoms with Gasteiger partial charge >= 0.3 is 32.5 Å². The van der Waals surface area contributed by atoms with Crippen molar-refractivity contribution in [3.63, 3.8) is 0 Å². The first kappa shape index (κ1) is 25.3. The molecular formula is C14H22F8O3Si. The number of hydrogen-bond acceptors (Lipinski definition) is 3. The van der Waals surface area contributed by atoms with Gasteiger partial charge in [-0.05, 0) is 26.8 Å². The Bertz CT molecular complexity index is 442. The molecule has 3 nitrogen and oxygen atoms in total. The molecule has 26 heavy (non-hydrogen) atoms. The van der Waals surface area contributed by atoms with Gasteiger partial charge in [-0.15, -0.1) is 0 Å². The second-order valence-corrected chi connectivity index (χ2v) is 7.89. The van der Waals surface area contributed by atoms with Gasteiger partial charge in [0.15, 0.2) is 0 Å². The van der Waals surface area contributed by atoms with Crippen LogP contribution in [0.15, 0.2) is 12.7 Å². The second-order valence-electron chi connectivity index (χ2n) is 5.16. The minimum Gasteiger partial charge on any atom is -0.374 e. The fourth-order valence-electron chi connectivity index (χ4n) is 2.04. The Morgan fingerprint density at radius 2 is 1.15 bits per heavy atom. The minimum absolute atomic E-state index is 0.0706. The maximum atomic E-state index is 13.9. The average molecular weight is 418 g/mol. The molecule has 0 N–H and O–H groups in total. The number of alkyl halides is 8. The summed E-state index contributed by atoms with van der Waals surface area (Å²) in [6.07, 6.45) is -2.69. The van der Waals surface area contributed by atoms with Crippen LogP contribution in [0.1, 0.15) is 27.2 Å². The zero-order valence-corrected chi connectivity index (χ0v) is 15.6. The Balaban J connectivity index is 5.63. The molecule has 0 aromatic carbocycles. The fraction of sp³-hybridized carbons (Fsp3) is 0.857. The second kappa shape index (κ2) is 8.98. The molecule has 0 aliphatic rings. The van der Waals surface area contributed by atoms with Crippen LogP contribution in [0.4, 0.5) is 35.1 Å². The third-order valence-corrected chi connectivity index (χ3v) is 6.41. The van der Waals surface area contributed by atoms with Gasteiger partial charge in [-0.2, -0.15) is 35.1 Å².